The van der Waals surface area contributed by atoms with Gasteiger partial charge >= 0.3 is 0 Å². The van der Waals surface area contributed by atoms with Gasteiger partial charge in [-0.1, -0.05) is 91.0 Å². The highest BCUT2D eigenvalue weighted by Gasteiger charge is 2.04. The van der Waals surface area contributed by atoms with E-state index in [9.17, 15) is 0 Å². The summed E-state index contributed by atoms with van der Waals surface area (Å²) in [6, 6.07) is 31.5. The third kappa shape index (κ3) is 5.51. The lowest BCUT2D eigenvalue weighted by atomic mass is 9.96. The van der Waals surface area contributed by atoms with Crippen molar-refractivity contribution in [1.82, 2.24) is 0 Å². The van der Waals surface area contributed by atoms with Crippen LogP contribution in [0.3, 0.4) is 0 Å². The van der Waals surface area contributed by atoms with Gasteiger partial charge in [0.15, 0.2) is 0 Å². The minimum Gasteiger partial charge on any atom is -0.395 e. The molecule has 0 heterocycles. The van der Waals surface area contributed by atoms with Crippen LogP contribution in [0.5, 0.6) is 0 Å². The molecule has 0 spiro atoms. The van der Waals surface area contributed by atoms with Gasteiger partial charge in [0.25, 0.3) is 0 Å². The van der Waals surface area contributed by atoms with Crippen LogP contribution in [0.1, 0.15) is 16.7 Å². The summed E-state index contributed by atoms with van der Waals surface area (Å²) in [4.78, 5) is 0. The molecule has 3 aromatic carbocycles. The van der Waals surface area contributed by atoms with Crippen LogP contribution in [0.4, 0.5) is 0 Å². The number of aliphatic hydroxyl groups excluding tert-OH is 1. The second-order valence-electron chi connectivity index (χ2n) is 5.21. The standard InChI is InChI=1S/C20H16.C2H7NO/c1-4-10-17(11-5-1)16-20(18-12-6-2-7-13-18)19-14-8-3-9-15-19;3-1-2-4/h1-16H;4H,1-3H2. The highest BCUT2D eigenvalue weighted by Crippen LogP contribution is 2.25. The van der Waals surface area contributed by atoms with Crippen LogP contribution in [0.2, 0.25) is 0 Å². The van der Waals surface area contributed by atoms with Crippen molar-refractivity contribution >= 4 is 11.6 Å². The zero-order valence-electron chi connectivity index (χ0n) is 13.7. The Labute approximate surface area is 143 Å². The van der Waals surface area contributed by atoms with Gasteiger partial charge in [-0.05, 0) is 28.3 Å². The lowest BCUT2D eigenvalue weighted by Crippen LogP contribution is -2.02. The number of aliphatic hydroxyl groups is 1. The van der Waals surface area contributed by atoms with Crippen molar-refractivity contribution in [1.29, 1.82) is 0 Å². The zero-order chi connectivity index (χ0) is 17.0. The predicted molar refractivity (Wildman–Crippen MR) is 102 cm³/mol. The van der Waals surface area contributed by atoms with E-state index in [2.05, 4.69) is 91.0 Å². The van der Waals surface area contributed by atoms with Crippen molar-refractivity contribution in [3.63, 3.8) is 0 Å². The van der Waals surface area contributed by atoms with Gasteiger partial charge in [-0.25, -0.2) is 0 Å². The van der Waals surface area contributed by atoms with E-state index in [1.165, 1.54) is 22.3 Å². The number of benzene rings is 3. The fraction of sp³-hybridized carbons (Fsp3) is 0.0909. The third-order valence-electron chi connectivity index (χ3n) is 3.41. The lowest BCUT2D eigenvalue weighted by Gasteiger charge is -2.08. The van der Waals surface area contributed by atoms with E-state index in [1.807, 2.05) is 6.07 Å². The molecule has 0 aliphatic heterocycles. The first kappa shape index (κ1) is 17.7. The largest absolute Gasteiger partial charge is 0.395 e. The average molecular weight is 317 g/mol. The van der Waals surface area contributed by atoms with E-state index in [0.717, 1.165) is 0 Å². The van der Waals surface area contributed by atoms with Crippen molar-refractivity contribution in [2.75, 3.05) is 13.2 Å². The molecular weight excluding hydrogens is 294 g/mol. The Bertz CT molecular complexity index is 678. The molecule has 3 N–H and O–H groups in total. The first-order valence-corrected chi connectivity index (χ1v) is 8.03. The van der Waals surface area contributed by atoms with Crippen LogP contribution in [0.25, 0.3) is 11.6 Å². The molecule has 0 aliphatic carbocycles. The van der Waals surface area contributed by atoms with Crippen LogP contribution in [-0.2, 0) is 0 Å². The molecule has 2 heteroatoms. The average Bonchev–Trinajstić information content (AvgIpc) is 2.68. The molecule has 3 aromatic rings. The third-order valence-corrected chi connectivity index (χ3v) is 3.41. The normalized spacial score (nSPS) is 9.58. The second-order valence-corrected chi connectivity index (χ2v) is 5.21. The smallest absolute Gasteiger partial charge is 0.0553 e. The van der Waals surface area contributed by atoms with Crippen molar-refractivity contribution < 1.29 is 5.11 Å². The van der Waals surface area contributed by atoms with Crippen LogP contribution < -0.4 is 5.73 Å². The van der Waals surface area contributed by atoms with Gasteiger partial charge in [0.2, 0.25) is 0 Å². The first-order chi connectivity index (χ1) is 11.8. The summed E-state index contributed by atoms with van der Waals surface area (Å²) in [5.74, 6) is 0. The summed E-state index contributed by atoms with van der Waals surface area (Å²) in [5.41, 5.74) is 9.72. The highest BCUT2D eigenvalue weighted by molar-refractivity contribution is 5.91. The van der Waals surface area contributed by atoms with Crippen LogP contribution in [-0.4, -0.2) is 18.3 Å². The second kappa shape index (κ2) is 10.2. The van der Waals surface area contributed by atoms with Gasteiger partial charge in [0.1, 0.15) is 0 Å². The van der Waals surface area contributed by atoms with Crippen LogP contribution in [0, 0.1) is 0 Å². The molecule has 0 saturated heterocycles. The van der Waals surface area contributed by atoms with E-state index < -0.39 is 0 Å². The molecule has 122 valence electrons. The Balaban J connectivity index is 0.000000471. The summed E-state index contributed by atoms with van der Waals surface area (Å²) in [6.45, 7) is 0.472. The van der Waals surface area contributed by atoms with Gasteiger partial charge in [-0.15, -0.1) is 0 Å². The van der Waals surface area contributed by atoms with Crippen molar-refractivity contribution in [2.24, 2.45) is 5.73 Å². The van der Waals surface area contributed by atoms with Crippen molar-refractivity contribution in [2.45, 2.75) is 0 Å². The van der Waals surface area contributed by atoms with Gasteiger partial charge in [0, 0.05) is 6.54 Å². The minimum absolute atomic E-state index is 0.0972. The molecule has 0 aliphatic rings. The number of hydrogen-bond donors (Lipinski definition) is 2. The molecule has 0 fully saturated rings. The van der Waals surface area contributed by atoms with Crippen LogP contribution >= 0.6 is 0 Å². The van der Waals surface area contributed by atoms with Crippen molar-refractivity contribution in [3.8, 4) is 0 Å². The van der Waals surface area contributed by atoms with E-state index in [0.29, 0.717) is 6.54 Å². The Kier molecular flexibility index (Phi) is 7.48. The topological polar surface area (TPSA) is 46.2 Å². The molecular formula is C22H23NO. The molecule has 0 atom stereocenters. The number of nitrogens with two attached hydrogens (primary N) is 1. The van der Waals surface area contributed by atoms with Gasteiger partial charge in [-0.2, -0.15) is 0 Å². The summed E-state index contributed by atoms with van der Waals surface area (Å²) in [6.07, 6.45) is 2.24. The Morgan fingerprint density at radius 3 is 1.46 bits per heavy atom. The molecule has 0 aromatic heterocycles. The monoisotopic (exact) mass is 317 g/mol. The molecule has 0 unspecified atom stereocenters. The Hall–Kier alpha value is -2.68. The molecule has 0 saturated carbocycles. The SMILES string of the molecule is C(=C(c1ccccc1)c1ccccc1)c1ccccc1.NCCO. The minimum atomic E-state index is 0.0972. The summed E-state index contributed by atoms with van der Waals surface area (Å²) in [5, 5.41) is 7.75. The maximum atomic E-state index is 7.75. The van der Waals surface area contributed by atoms with E-state index in [-0.39, 0.29) is 6.61 Å². The molecule has 24 heavy (non-hydrogen) atoms. The first-order valence-electron chi connectivity index (χ1n) is 8.03. The van der Waals surface area contributed by atoms with E-state index in [4.69, 9.17) is 10.8 Å². The lowest BCUT2D eigenvalue weighted by molar-refractivity contribution is 0.306. The molecule has 2 nitrogen and oxygen atoms in total. The number of rotatable bonds is 4. The Morgan fingerprint density at radius 2 is 1.08 bits per heavy atom. The molecule has 0 amide bonds. The molecule has 0 radical (unpaired) electrons. The summed E-state index contributed by atoms with van der Waals surface area (Å²) >= 11 is 0. The van der Waals surface area contributed by atoms with E-state index >= 15 is 0 Å². The fourth-order valence-electron chi connectivity index (χ4n) is 2.28. The molecule has 3 rings (SSSR count). The predicted octanol–water partition coefficient (Wildman–Crippen LogP) is 4.21. The van der Waals surface area contributed by atoms with Crippen LogP contribution in [0.15, 0.2) is 91.0 Å². The van der Waals surface area contributed by atoms with E-state index in [1.54, 1.807) is 0 Å². The zero-order valence-corrected chi connectivity index (χ0v) is 13.7. The molecule has 0 bridgehead atoms. The fourth-order valence-corrected chi connectivity index (χ4v) is 2.28. The van der Waals surface area contributed by atoms with Crippen molar-refractivity contribution in [3.05, 3.63) is 108 Å². The number of hydrogen-bond acceptors (Lipinski definition) is 2. The summed E-state index contributed by atoms with van der Waals surface area (Å²) < 4.78 is 0. The Morgan fingerprint density at radius 1 is 0.708 bits per heavy atom. The summed E-state index contributed by atoms with van der Waals surface area (Å²) in [7, 11) is 0. The highest BCUT2D eigenvalue weighted by atomic mass is 16.3. The maximum absolute atomic E-state index is 7.75. The van der Waals surface area contributed by atoms with Gasteiger partial charge in [-0.3, -0.25) is 0 Å². The van der Waals surface area contributed by atoms with Gasteiger partial charge in [0.05, 0.1) is 6.61 Å². The maximum Gasteiger partial charge on any atom is 0.0553 e. The quantitative estimate of drug-likeness (QED) is 0.708. The van der Waals surface area contributed by atoms with Gasteiger partial charge < -0.3 is 10.8 Å².